The van der Waals surface area contributed by atoms with Gasteiger partial charge in [0.2, 0.25) is 0 Å². The summed E-state index contributed by atoms with van der Waals surface area (Å²) >= 11 is 0. The van der Waals surface area contributed by atoms with Gasteiger partial charge in [-0.15, -0.1) is 0 Å². The summed E-state index contributed by atoms with van der Waals surface area (Å²) in [6.07, 6.45) is -4.95. The third kappa shape index (κ3) is 4.18. The minimum absolute atomic E-state index is 0.244. The van der Waals surface area contributed by atoms with Crippen LogP contribution in [0.5, 0.6) is 0 Å². The highest BCUT2D eigenvalue weighted by atomic mass is 19.4. The molecule has 0 spiro atoms. The van der Waals surface area contributed by atoms with Crippen LogP contribution in [0.3, 0.4) is 0 Å². The zero-order valence-electron chi connectivity index (χ0n) is 11.9. The number of alkyl halides is 3. The van der Waals surface area contributed by atoms with Crippen molar-refractivity contribution in [3.63, 3.8) is 0 Å². The van der Waals surface area contributed by atoms with Crippen molar-refractivity contribution < 1.29 is 23.0 Å². The minimum Gasteiger partial charge on any atom is -0.386 e. The molecule has 1 fully saturated rings. The van der Waals surface area contributed by atoms with Gasteiger partial charge in [0, 0.05) is 13.1 Å². The number of aliphatic hydroxyl groups is 1. The van der Waals surface area contributed by atoms with Crippen molar-refractivity contribution in [1.82, 2.24) is 4.90 Å². The van der Waals surface area contributed by atoms with Gasteiger partial charge in [0.1, 0.15) is 12.2 Å². The predicted molar refractivity (Wildman–Crippen MR) is 72.9 cm³/mol. The molecular formula is C15H20F3NO2. The van der Waals surface area contributed by atoms with Crippen molar-refractivity contribution in [2.45, 2.75) is 31.7 Å². The van der Waals surface area contributed by atoms with E-state index in [0.29, 0.717) is 13.2 Å². The van der Waals surface area contributed by atoms with Gasteiger partial charge < -0.3 is 9.84 Å². The topological polar surface area (TPSA) is 32.7 Å². The molecule has 21 heavy (non-hydrogen) atoms. The molecule has 1 aliphatic heterocycles. The van der Waals surface area contributed by atoms with Gasteiger partial charge in [0.05, 0.1) is 12.2 Å². The van der Waals surface area contributed by atoms with E-state index in [2.05, 4.69) is 11.8 Å². The number of rotatable bonds is 4. The van der Waals surface area contributed by atoms with E-state index >= 15 is 0 Å². The lowest BCUT2D eigenvalue weighted by atomic mass is 10.0. The molecule has 1 aromatic rings. The third-order valence-corrected chi connectivity index (χ3v) is 3.63. The maximum atomic E-state index is 12.7. The summed E-state index contributed by atoms with van der Waals surface area (Å²) in [6, 6.07) is 4.81. The number of halogens is 3. The Kier molecular flexibility index (Phi) is 5.24. The SMILES string of the molecule is CCCN1CCOC(C(O)c2cccc(C(F)(F)F)c2)C1. The lowest BCUT2D eigenvalue weighted by Crippen LogP contribution is -2.45. The lowest BCUT2D eigenvalue weighted by molar-refractivity contribution is -0.137. The second kappa shape index (κ2) is 6.77. The van der Waals surface area contributed by atoms with Crippen molar-refractivity contribution >= 4 is 0 Å². The average Bonchev–Trinajstić information content (AvgIpc) is 2.46. The fourth-order valence-corrected chi connectivity index (χ4v) is 2.56. The van der Waals surface area contributed by atoms with Crippen LogP contribution in [0.25, 0.3) is 0 Å². The normalized spacial score (nSPS) is 22.2. The fraction of sp³-hybridized carbons (Fsp3) is 0.600. The van der Waals surface area contributed by atoms with Gasteiger partial charge in [-0.3, -0.25) is 4.90 Å². The van der Waals surface area contributed by atoms with Crippen LogP contribution in [0.4, 0.5) is 13.2 Å². The number of ether oxygens (including phenoxy) is 1. The van der Waals surface area contributed by atoms with E-state index in [1.165, 1.54) is 12.1 Å². The van der Waals surface area contributed by atoms with E-state index < -0.39 is 23.9 Å². The van der Waals surface area contributed by atoms with E-state index in [1.54, 1.807) is 0 Å². The van der Waals surface area contributed by atoms with E-state index in [4.69, 9.17) is 4.74 Å². The summed E-state index contributed by atoms with van der Waals surface area (Å²) in [5.41, 5.74) is -0.506. The molecule has 0 aromatic heterocycles. The van der Waals surface area contributed by atoms with Crippen LogP contribution in [-0.4, -0.2) is 42.4 Å². The molecule has 1 aromatic carbocycles. The molecule has 6 heteroatoms. The van der Waals surface area contributed by atoms with Gasteiger partial charge in [0.25, 0.3) is 0 Å². The largest absolute Gasteiger partial charge is 0.416 e. The Hall–Kier alpha value is -1.11. The highest BCUT2D eigenvalue weighted by Crippen LogP contribution is 2.32. The maximum Gasteiger partial charge on any atom is 0.416 e. The summed E-state index contributed by atoms with van der Waals surface area (Å²) in [5, 5.41) is 10.3. The predicted octanol–water partition coefficient (Wildman–Crippen LogP) is 2.85. The van der Waals surface area contributed by atoms with Crippen LogP contribution in [0.2, 0.25) is 0 Å². The van der Waals surface area contributed by atoms with Gasteiger partial charge in [-0.25, -0.2) is 0 Å². The Labute approximate surface area is 122 Å². The first kappa shape index (κ1) is 16.3. The van der Waals surface area contributed by atoms with Gasteiger partial charge in [-0.2, -0.15) is 13.2 Å². The Morgan fingerprint density at radius 1 is 1.43 bits per heavy atom. The van der Waals surface area contributed by atoms with Crippen LogP contribution >= 0.6 is 0 Å². The molecule has 118 valence electrons. The smallest absolute Gasteiger partial charge is 0.386 e. The molecule has 2 atom stereocenters. The fourth-order valence-electron chi connectivity index (χ4n) is 2.56. The molecule has 0 aliphatic carbocycles. The zero-order chi connectivity index (χ0) is 15.5. The summed E-state index contributed by atoms with van der Waals surface area (Å²) in [4.78, 5) is 2.16. The maximum absolute atomic E-state index is 12.7. The molecule has 0 radical (unpaired) electrons. The van der Waals surface area contributed by atoms with E-state index in [0.717, 1.165) is 31.6 Å². The Bertz CT molecular complexity index is 462. The Morgan fingerprint density at radius 2 is 2.19 bits per heavy atom. The van der Waals surface area contributed by atoms with Gasteiger partial charge >= 0.3 is 6.18 Å². The quantitative estimate of drug-likeness (QED) is 0.928. The number of benzene rings is 1. The molecule has 1 saturated heterocycles. The van der Waals surface area contributed by atoms with Crippen LogP contribution in [0.1, 0.15) is 30.6 Å². The van der Waals surface area contributed by atoms with Crippen molar-refractivity contribution in [3.8, 4) is 0 Å². The molecule has 0 bridgehead atoms. The number of morpholine rings is 1. The average molecular weight is 303 g/mol. The summed E-state index contributed by atoms with van der Waals surface area (Å²) in [6.45, 7) is 4.77. The van der Waals surface area contributed by atoms with E-state index in [-0.39, 0.29) is 5.56 Å². The van der Waals surface area contributed by atoms with Crippen molar-refractivity contribution in [2.75, 3.05) is 26.2 Å². The van der Waals surface area contributed by atoms with E-state index in [1.807, 2.05) is 0 Å². The van der Waals surface area contributed by atoms with Crippen LogP contribution < -0.4 is 0 Å². The van der Waals surface area contributed by atoms with Crippen LogP contribution in [-0.2, 0) is 10.9 Å². The Morgan fingerprint density at radius 3 is 2.86 bits per heavy atom. The second-order valence-electron chi connectivity index (χ2n) is 5.28. The second-order valence-corrected chi connectivity index (χ2v) is 5.28. The first-order valence-corrected chi connectivity index (χ1v) is 7.11. The molecule has 1 aliphatic rings. The monoisotopic (exact) mass is 303 g/mol. The van der Waals surface area contributed by atoms with Gasteiger partial charge in [-0.1, -0.05) is 19.1 Å². The first-order valence-electron chi connectivity index (χ1n) is 7.11. The zero-order valence-corrected chi connectivity index (χ0v) is 11.9. The summed E-state index contributed by atoms with van der Waals surface area (Å²) in [5.74, 6) is 0. The Balaban J connectivity index is 2.10. The number of hydrogen-bond donors (Lipinski definition) is 1. The van der Waals surface area contributed by atoms with Gasteiger partial charge in [-0.05, 0) is 30.7 Å². The number of nitrogens with zero attached hydrogens (tertiary/aromatic N) is 1. The summed E-state index contributed by atoms with van der Waals surface area (Å²) in [7, 11) is 0. The van der Waals surface area contributed by atoms with Crippen molar-refractivity contribution in [2.24, 2.45) is 0 Å². The molecule has 0 saturated carbocycles. The molecule has 2 unspecified atom stereocenters. The molecule has 1 N–H and O–H groups in total. The van der Waals surface area contributed by atoms with Crippen LogP contribution in [0, 0.1) is 0 Å². The summed E-state index contributed by atoms with van der Waals surface area (Å²) < 4.78 is 43.7. The van der Waals surface area contributed by atoms with Gasteiger partial charge in [0.15, 0.2) is 0 Å². The molecule has 3 nitrogen and oxygen atoms in total. The number of aliphatic hydroxyl groups excluding tert-OH is 1. The molecular weight excluding hydrogens is 283 g/mol. The molecule has 2 rings (SSSR count). The third-order valence-electron chi connectivity index (χ3n) is 3.63. The van der Waals surface area contributed by atoms with Crippen LogP contribution in [0.15, 0.2) is 24.3 Å². The lowest BCUT2D eigenvalue weighted by Gasteiger charge is -2.35. The standard InChI is InChI=1S/C15H20F3NO2/c1-2-6-19-7-8-21-13(10-19)14(20)11-4-3-5-12(9-11)15(16,17)18/h3-5,9,13-14,20H,2,6-8,10H2,1H3. The number of hydrogen-bond acceptors (Lipinski definition) is 3. The molecule has 0 amide bonds. The van der Waals surface area contributed by atoms with Crippen molar-refractivity contribution in [1.29, 1.82) is 0 Å². The molecule has 1 heterocycles. The highest BCUT2D eigenvalue weighted by Gasteiger charge is 2.32. The highest BCUT2D eigenvalue weighted by molar-refractivity contribution is 5.27. The van der Waals surface area contributed by atoms with Crippen molar-refractivity contribution in [3.05, 3.63) is 35.4 Å². The minimum atomic E-state index is -4.41. The first-order chi connectivity index (χ1) is 9.91. The van der Waals surface area contributed by atoms with E-state index in [9.17, 15) is 18.3 Å².